The number of nitrogens with zero attached hydrogens (tertiary/aromatic N) is 1. The Labute approximate surface area is 214 Å². The van der Waals surface area contributed by atoms with Crippen molar-refractivity contribution in [3.8, 4) is 0 Å². The highest BCUT2D eigenvalue weighted by atomic mass is 32.2. The van der Waals surface area contributed by atoms with Crippen LogP contribution >= 0.6 is 0 Å². The van der Waals surface area contributed by atoms with Crippen LogP contribution in [0.4, 0.5) is 0 Å². The zero-order chi connectivity index (χ0) is 25.5. The normalized spacial score (nSPS) is 39.7. The fourth-order valence-corrected chi connectivity index (χ4v) is 10.8. The largest absolute Gasteiger partial charge is 0.396 e. The number of hydrogen-bond acceptors (Lipinski definition) is 3. The van der Waals surface area contributed by atoms with Crippen molar-refractivity contribution in [3.05, 3.63) is 30.3 Å². The third-order valence-electron chi connectivity index (χ3n) is 11.4. The summed E-state index contributed by atoms with van der Waals surface area (Å²) in [5.74, 6) is 2.49. The Kier molecular flexibility index (Phi) is 7.83. The van der Waals surface area contributed by atoms with Crippen molar-refractivity contribution in [2.45, 2.75) is 96.8 Å². The number of fused-ring (bicyclic) bond motifs is 3. The first-order chi connectivity index (χ1) is 16.5. The predicted octanol–water partition coefficient (Wildman–Crippen LogP) is 6.74. The summed E-state index contributed by atoms with van der Waals surface area (Å²) < 4.78 is 28.3. The molecule has 0 bridgehead atoms. The Morgan fingerprint density at radius 3 is 2.29 bits per heavy atom. The maximum Gasteiger partial charge on any atom is 0.242 e. The zero-order valence-corrected chi connectivity index (χ0v) is 23.6. The second-order valence-corrected chi connectivity index (χ2v) is 14.9. The minimum Gasteiger partial charge on any atom is -0.396 e. The van der Waals surface area contributed by atoms with Gasteiger partial charge in [-0.25, -0.2) is 12.7 Å². The summed E-state index contributed by atoms with van der Waals surface area (Å²) in [5, 5.41) is 9.67. The van der Waals surface area contributed by atoms with E-state index in [0.717, 1.165) is 25.2 Å². The van der Waals surface area contributed by atoms with Crippen molar-refractivity contribution in [2.24, 2.45) is 39.9 Å². The van der Waals surface area contributed by atoms with Gasteiger partial charge in [-0.2, -0.15) is 0 Å². The monoisotopic (exact) mass is 503 g/mol. The molecule has 35 heavy (non-hydrogen) atoms. The Hall–Kier alpha value is -0.910. The molecule has 1 aromatic rings. The van der Waals surface area contributed by atoms with Gasteiger partial charge in [0.25, 0.3) is 0 Å². The van der Waals surface area contributed by atoms with Crippen LogP contribution in [-0.4, -0.2) is 38.0 Å². The van der Waals surface area contributed by atoms with E-state index in [2.05, 4.69) is 27.7 Å². The van der Waals surface area contributed by atoms with Gasteiger partial charge in [-0.1, -0.05) is 58.7 Å². The molecule has 3 fully saturated rings. The van der Waals surface area contributed by atoms with Gasteiger partial charge in [-0.05, 0) is 103 Å². The third-order valence-corrected chi connectivity index (χ3v) is 13.2. The molecule has 3 aliphatic carbocycles. The van der Waals surface area contributed by atoms with E-state index >= 15 is 0 Å². The minimum absolute atomic E-state index is 0.181. The van der Waals surface area contributed by atoms with E-state index in [0.29, 0.717) is 46.6 Å². The fourth-order valence-electron chi connectivity index (χ4n) is 9.52. The second-order valence-electron chi connectivity index (χ2n) is 12.9. The molecule has 0 heterocycles. The number of hydrogen-bond donors (Lipinski definition) is 1. The van der Waals surface area contributed by atoms with Gasteiger partial charge in [0.1, 0.15) is 0 Å². The molecule has 4 rings (SSSR count). The molecule has 5 heteroatoms. The number of benzene rings is 1. The van der Waals surface area contributed by atoms with Crippen LogP contribution in [0.25, 0.3) is 0 Å². The standard InChI is InChI=1S/C30H49NO3S/c1-6-23-16-19-30(4)26-15-10-12-24(22-31(5)35(33,34)25-13-8-7-9-14-25)29(26,3)20-17-27(30)28(23,2)18-11-21-32/h7-9,13-14,23-24,26-27,32H,6,10-12,15-22H2,1-5H3/t23-,24+,26+,27+,28-,29+,30-/m0/s1. The van der Waals surface area contributed by atoms with Gasteiger partial charge in [0.15, 0.2) is 0 Å². The van der Waals surface area contributed by atoms with Crippen molar-refractivity contribution in [1.82, 2.24) is 4.31 Å². The second kappa shape index (κ2) is 10.1. The lowest BCUT2D eigenvalue weighted by Crippen LogP contribution is -2.61. The van der Waals surface area contributed by atoms with Gasteiger partial charge in [0, 0.05) is 20.2 Å². The molecule has 198 valence electrons. The maximum atomic E-state index is 13.3. The van der Waals surface area contributed by atoms with Crippen molar-refractivity contribution < 1.29 is 13.5 Å². The molecule has 0 aliphatic heterocycles. The molecule has 3 aliphatic rings. The van der Waals surface area contributed by atoms with Gasteiger partial charge in [0.05, 0.1) is 4.90 Å². The van der Waals surface area contributed by atoms with Crippen LogP contribution in [-0.2, 0) is 10.0 Å². The molecule has 0 saturated heterocycles. The third kappa shape index (κ3) is 4.52. The van der Waals surface area contributed by atoms with Crippen LogP contribution in [0.3, 0.4) is 0 Å². The summed E-state index contributed by atoms with van der Waals surface area (Å²) in [4.78, 5) is 0.397. The number of aliphatic hydroxyl groups excluding tert-OH is 1. The Balaban J connectivity index is 1.60. The van der Waals surface area contributed by atoms with E-state index in [1.807, 2.05) is 6.07 Å². The van der Waals surface area contributed by atoms with Crippen molar-refractivity contribution in [3.63, 3.8) is 0 Å². The van der Waals surface area contributed by atoms with E-state index in [1.54, 1.807) is 35.6 Å². The average molecular weight is 504 g/mol. The highest BCUT2D eigenvalue weighted by Gasteiger charge is 2.63. The molecule has 0 amide bonds. The van der Waals surface area contributed by atoms with Crippen LogP contribution in [0.15, 0.2) is 35.2 Å². The molecule has 1 N–H and O–H groups in total. The summed E-state index contributed by atoms with van der Waals surface area (Å²) >= 11 is 0. The summed E-state index contributed by atoms with van der Waals surface area (Å²) in [5.41, 5.74) is 0.783. The van der Waals surface area contributed by atoms with Gasteiger partial charge < -0.3 is 5.11 Å². The molecule has 3 saturated carbocycles. The van der Waals surface area contributed by atoms with Crippen LogP contribution in [0.1, 0.15) is 91.9 Å². The summed E-state index contributed by atoms with van der Waals surface area (Å²) in [7, 11) is -1.69. The first-order valence-electron chi connectivity index (χ1n) is 14.2. The SMILES string of the molecule is CC[C@H]1CC[C@]2(C)[C@H](CC[C@]3(C)[C@@H](CN(C)S(=O)(=O)c4ccccc4)CCC[C@@H]23)[C@@]1(C)CCCO. The van der Waals surface area contributed by atoms with Gasteiger partial charge in [0.2, 0.25) is 10.0 Å². The van der Waals surface area contributed by atoms with Crippen molar-refractivity contribution >= 4 is 10.0 Å². The van der Waals surface area contributed by atoms with Crippen LogP contribution in [0.5, 0.6) is 0 Å². The number of rotatable bonds is 8. The lowest BCUT2D eigenvalue weighted by Gasteiger charge is -2.68. The van der Waals surface area contributed by atoms with Crippen molar-refractivity contribution in [2.75, 3.05) is 20.2 Å². The van der Waals surface area contributed by atoms with Crippen LogP contribution in [0.2, 0.25) is 0 Å². The molecule has 7 atom stereocenters. The van der Waals surface area contributed by atoms with Gasteiger partial charge in [-0.3, -0.25) is 0 Å². The summed E-state index contributed by atoms with van der Waals surface area (Å²) in [6.45, 7) is 10.9. The van der Waals surface area contributed by atoms with E-state index in [1.165, 1.54) is 44.9 Å². The van der Waals surface area contributed by atoms with Crippen LogP contribution < -0.4 is 0 Å². The maximum absolute atomic E-state index is 13.3. The summed E-state index contributed by atoms with van der Waals surface area (Å²) in [6, 6.07) is 8.90. The molecule has 0 aromatic heterocycles. The summed E-state index contributed by atoms with van der Waals surface area (Å²) in [6.07, 6.45) is 11.9. The number of sulfonamides is 1. The smallest absolute Gasteiger partial charge is 0.242 e. The number of aliphatic hydroxyl groups is 1. The van der Waals surface area contributed by atoms with Crippen LogP contribution in [0, 0.1) is 39.9 Å². The van der Waals surface area contributed by atoms with E-state index < -0.39 is 10.0 Å². The highest BCUT2D eigenvalue weighted by molar-refractivity contribution is 7.89. The van der Waals surface area contributed by atoms with Gasteiger partial charge in [-0.15, -0.1) is 0 Å². The minimum atomic E-state index is -3.47. The Bertz CT molecular complexity index is 965. The Morgan fingerprint density at radius 1 is 0.943 bits per heavy atom. The fraction of sp³-hybridized carbons (Fsp3) is 0.800. The lowest BCUT2D eigenvalue weighted by molar-refractivity contribution is -0.186. The van der Waals surface area contributed by atoms with E-state index in [9.17, 15) is 13.5 Å². The molecular weight excluding hydrogens is 454 g/mol. The van der Waals surface area contributed by atoms with Crippen molar-refractivity contribution in [1.29, 1.82) is 0 Å². The predicted molar refractivity (Wildman–Crippen MR) is 143 cm³/mol. The lowest BCUT2D eigenvalue weighted by atomic mass is 9.37. The van der Waals surface area contributed by atoms with Gasteiger partial charge >= 0.3 is 0 Å². The van der Waals surface area contributed by atoms with E-state index in [4.69, 9.17) is 0 Å². The average Bonchev–Trinajstić information content (AvgIpc) is 2.84. The topological polar surface area (TPSA) is 57.6 Å². The zero-order valence-electron chi connectivity index (χ0n) is 22.8. The molecule has 0 unspecified atom stereocenters. The molecule has 1 aromatic carbocycles. The Morgan fingerprint density at radius 2 is 1.63 bits per heavy atom. The first-order valence-corrected chi connectivity index (χ1v) is 15.6. The quantitative estimate of drug-likeness (QED) is 0.427. The molecular formula is C30H49NO3S. The molecule has 0 radical (unpaired) electrons. The van der Waals surface area contributed by atoms with E-state index in [-0.39, 0.29) is 5.41 Å². The highest BCUT2D eigenvalue weighted by Crippen LogP contribution is 2.70. The molecule has 4 nitrogen and oxygen atoms in total. The molecule has 0 spiro atoms. The first kappa shape index (κ1) is 27.1.